The van der Waals surface area contributed by atoms with Crippen LogP contribution in [-0.4, -0.2) is 131 Å². The van der Waals surface area contributed by atoms with E-state index in [2.05, 4.69) is 16.6 Å². The standard InChI is InChI=1S/C26H35ClN2O13/c1-2-5-39-6-7-40-8-9-41-26(25(37)38)12-18(32)22(29-21(35)14-30)24(42-26)23(36)19(33)13-28-20(34)11-15-3-4-17(31)16(27)10-15/h1,3-4,10,18-19,22-24,30-33,36H,5-9,11-14H2,(H,28,34)(H,29,35)(H,37,38)/t18-,19+,22+,23+,24+,26+/m0/s1. The van der Waals surface area contributed by atoms with E-state index in [-0.39, 0.29) is 50.2 Å². The molecule has 0 unspecified atom stereocenters. The third kappa shape index (κ3) is 10.3. The lowest BCUT2D eigenvalue weighted by atomic mass is 9.88. The largest absolute Gasteiger partial charge is 0.506 e. The van der Waals surface area contributed by atoms with Crippen molar-refractivity contribution in [3.05, 3.63) is 28.8 Å². The number of benzene rings is 1. The van der Waals surface area contributed by atoms with Gasteiger partial charge in [-0.2, -0.15) is 0 Å². The zero-order valence-corrected chi connectivity index (χ0v) is 23.2. The fraction of sp³-hybridized carbons (Fsp3) is 0.577. The Labute approximate surface area is 246 Å². The second-order valence-electron chi connectivity index (χ2n) is 9.21. The number of aromatic hydroxyl groups is 1. The van der Waals surface area contributed by atoms with Crippen LogP contribution in [0.25, 0.3) is 0 Å². The minimum Gasteiger partial charge on any atom is -0.506 e. The van der Waals surface area contributed by atoms with Crippen LogP contribution in [0.3, 0.4) is 0 Å². The highest BCUT2D eigenvalue weighted by molar-refractivity contribution is 6.32. The number of aliphatic hydroxyl groups excluding tert-OH is 4. The molecule has 0 saturated carbocycles. The van der Waals surface area contributed by atoms with Gasteiger partial charge < -0.3 is 60.2 Å². The third-order valence-corrected chi connectivity index (χ3v) is 6.41. The zero-order valence-electron chi connectivity index (χ0n) is 22.5. The number of phenols is 1. The van der Waals surface area contributed by atoms with E-state index in [0.29, 0.717) is 5.56 Å². The molecule has 16 heteroatoms. The normalized spacial score (nSPS) is 23.4. The number of terminal acetylenes is 1. The molecular weight excluding hydrogens is 584 g/mol. The first-order chi connectivity index (χ1) is 19.9. The lowest BCUT2D eigenvalue weighted by Crippen LogP contribution is -2.68. The number of rotatable bonds is 17. The summed E-state index contributed by atoms with van der Waals surface area (Å²) >= 11 is 5.84. The van der Waals surface area contributed by atoms with Gasteiger partial charge in [0, 0.05) is 13.0 Å². The van der Waals surface area contributed by atoms with Gasteiger partial charge in [0.1, 0.15) is 31.2 Å². The van der Waals surface area contributed by atoms with Crippen LogP contribution in [0.1, 0.15) is 12.0 Å². The molecule has 2 amide bonds. The summed E-state index contributed by atoms with van der Waals surface area (Å²) in [4.78, 5) is 36.5. The number of carbonyl (C=O) groups is 3. The first-order valence-corrected chi connectivity index (χ1v) is 13.1. The Hall–Kier alpha value is -3.04. The topological polar surface area (TPSA) is 234 Å². The average Bonchev–Trinajstić information content (AvgIpc) is 2.95. The molecule has 2 rings (SSSR count). The molecule has 0 aromatic heterocycles. The summed E-state index contributed by atoms with van der Waals surface area (Å²) in [5.41, 5.74) is 0.448. The fourth-order valence-electron chi connectivity index (χ4n) is 4.03. The van der Waals surface area contributed by atoms with Crippen LogP contribution in [0.4, 0.5) is 0 Å². The van der Waals surface area contributed by atoms with E-state index >= 15 is 0 Å². The van der Waals surface area contributed by atoms with Crippen molar-refractivity contribution >= 4 is 29.4 Å². The first-order valence-electron chi connectivity index (χ1n) is 12.8. The number of amides is 2. The Morgan fingerprint density at radius 1 is 1.17 bits per heavy atom. The molecule has 0 bridgehead atoms. The SMILES string of the molecule is C#CCOCCOCCO[C@]1(C(=O)O)C[C@H](O)[C@@H](NC(=O)CO)[C@H]([C@H](O)[C@H](O)CNC(=O)Cc2ccc(O)c(Cl)c2)O1. The molecule has 1 saturated heterocycles. The van der Waals surface area contributed by atoms with Gasteiger partial charge in [-0.1, -0.05) is 23.6 Å². The van der Waals surface area contributed by atoms with Crippen molar-refractivity contribution in [3.63, 3.8) is 0 Å². The van der Waals surface area contributed by atoms with Gasteiger partial charge in [0.15, 0.2) is 0 Å². The van der Waals surface area contributed by atoms with Crippen LogP contribution in [0.5, 0.6) is 5.75 Å². The highest BCUT2D eigenvalue weighted by Gasteiger charge is 2.55. The predicted molar refractivity (Wildman–Crippen MR) is 143 cm³/mol. The van der Waals surface area contributed by atoms with Crippen molar-refractivity contribution in [2.75, 3.05) is 46.2 Å². The van der Waals surface area contributed by atoms with Gasteiger partial charge >= 0.3 is 5.97 Å². The maximum Gasteiger partial charge on any atom is 0.364 e. The predicted octanol–water partition coefficient (Wildman–Crippen LogP) is -2.48. The second kappa shape index (κ2) is 17.2. The molecule has 1 aliphatic heterocycles. The van der Waals surface area contributed by atoms with Gasteiger partial charge in [-0.15, -0.1) is 6.42 Å². The summed E-state index contributed by atoms with van der Waals surface area (Å²) in [5.74, 6) is -3.64. The lowest BCUT2D eigenvalue weighted by molar-refractivity contribution is -0.312. The van der Waals surface area contributed by atoms with E-state index in [9.17, 15) is 39.9 Å². The van der Waals surface area contributed by atoms with E-state index in [1.54, 1.807) is 0 Å². The van der Waals surface area contributed by atoms with E-state index in [4.69, 9.17) is 42.1 Å². The second-order valence-corrected chi connectivity index (χ2v) is 9.61. The summed E-state index contributed by atoms with van der Waals surface area (Å²) in [7, 11) is 0. The number of ether oxygens (including phenoxy) is 4. The van der Waals surface area contributed by atoms with Gasteiger partial charge in [-0.25, -0.2) is 4.79 Å². The van der Waals surface area contributed by atoms with E-state index in [1.165, 1.54) is 18.2 Å². The highest BCUT2D eigenvalue weighted by atomic mass is 35.5. The number of nitrogens with one attached hydrogen (secondary N) is 2. The summed E-state index contributed by atoms with van der Waals surface area (Å²) in [5, 5.41) is 65.5. The smallest absolute Gasteiger partial charge is 0.364 e. The van der Waals surface area contributed by atoms with Crippen molar-refractivity contribution in [2.24, 2.45) is 0 Å². The van der Waals surface area contributed by atoms with Crippen LogP contribution < -0.4 is 10.6 Å². The van der Waals surface area contributed by atoms with Gasteiger partial charge in [0.2, 0.25) is 11.8 Å². The van der Waals surface area contributed by atoms with Gasteiger partial charge in [-0.05, 0) is 17.7 Å². The molecular formula is C26H35ClN2O13. The van der Waals surface area contributed by atoms with Gasteiger partial charge in [0.05, 0.1) is 56.1 Å². The molecule has 0 spiro atoms. The molecule has 234 valence electrons. The number of phenolic OH excluding ortho intramolecular Hbond substituents is 1. The first kappa shape index (κ1) is 35.2. The number of halogens is 1. The average molecular weight is 619 g/mol. The molecule has 0 aliphatic carbocycles. The Kier molecular flexibility index (Phi) is 14.4. The van der Waals surface area contributed by atoms with Gasteiger partial charge in [-0.3, -0.25) is 9.59 Å². The summed E-state index contributed by atoms with van der Waals surface area (Å²) < 4.78 is 21.3. The van der Waals surface area contributed by atoms with Crippen molar-refractivity contribution in [1.29, 1.82) is 0 Å². The monoisotopic (exact) mass is 618 g/mol. The summed E-state index contributed by atoms with van der Waals surface area (Å²) in [6.07, 6.45) is -3.03. The molecule has 6 atom stereocenters. The number of hydrogen-bond donors (Lipinski definition) is 8. The minimum atomic E-state index is -2.52. The Morgan fingerprint density at radius 2 is 1.86 bits per heavy atom. The molecule has 1 aliphatic rings. The van der Waals surface area contributed by atoms with Crippen LogP contribution in [-0.2, 0) is 39.8 Å². The van der Waals surface area contributed by atoms with E-state index in [1.807, 2.05) is 0 Å². The van der Waals surface area contributed by atoms with Crippen LogP contribution in [0.15, 0.2) is 18.2 Å². The van der Waals surface area contributed by atoms with Crippen LogP contribution >= 0.6 is 11.6 Å². The Bertz CT molecular complexity index is 1100. The maximum absolute atomic E-state index is 12.4. The number of carboxylic acid groups (broad SMARTS) is 1. The number of aliphatic carboxylic acids is 1. The zero-order chi connectivity index (χ0) is 31.3. The fourth-order valence-corrected chi connectivity index (χ4v) is 4.23. The Morgan fingerprint density at radius 3 is 2.50 bits per heavy atom. The van der Waals surface area contributed by atoms with E-state index in [0.717, 1.165) is 0 Å². The molecule has 8 N–H and O–H groups in total. The number of hydrogen-bond acceptors (Lipinski definition) is 12. The van der Waals surface area contributed by atoms with Crippen molar-refractivity contribution in [1.82, 2.24) is 10.6 Å². The molecule has 0 radical (unpaired) electrons. The maximum atomic E-state index is 12.4. The number of carbonyl (C=O) groups excluding carboxylic acids is 2. The van der Waals surface area contributed by atoms with Crippen LogP contribution in [0.2, 0.25) is 5.02 Å². The van der Waals surface area contributed by atoms with Crippen molar-refractivity contribution < 1.29 is 64.0 Å². The molecule has 1 aromatic rings. The van der Waals surface area contributed by atoms with Crippen molar-refractivity contribution in [2.45, 2.75) is 49.1 Å². The molecule has 42 heavy (non-hydrogen) atoms. The molecule has 1 heterocycles. The van der Waals surface area contributed by atoms with Crippen molar-refractivity contribution in [3.8, 4) is 18.1 Å². The molecule has 15 nitrogen and oxygen atoms in total. The highest BCUT2D eigenvalue weighted by Crippen LogP contribution is 2.33. The third-order valence-electron chi connectivity index (χ3n) is 6.11. The quantitative estimate of drug-likeness (QED) is 0.0668. The number of carboxylic acids is 1. The molecule has 1 aromatic carbocycles. The molecule has 1 fully saturated rings. The summed E-state index contributed by atoms with van der Waals surface area (Å²) in [6, 6.07) is 2.65. The van der Waals surface area contributed by atoms with Gasteiger partial charge in [0.25, 0.3) is 5.79 Å². The Balaban J connectivity index is 2.09. The van der Waals surface area contributed by atoms with E-state index < -0.39 is 73.6 Å². The van der Waals surface area contributed by atoms with Crippen LogP contribution in [0, 0.1) is 12.3 Å². The lowest BCUT2D eigenvalue weighted by Gasteiger charge is -2.46. The minimum absolute atomic E-state index is 0.0319. The number of aliphatic hydroxyl groups is 4. The summed E-state index contributed by atoms with van der Waals surface area (Å²) in [6.45, 7) is -1.57.